The van der Waals surface area contributed by atoms with Crippen molar-refractivity contribution in [2.24, 2.45) is 0 Å². The minimum Gasteiger partial charge on any atom is -0.311 e. The van der Waals surface area contributed by atoms with E-state index in [1.54, 1.807) is 0 Å². The van der Waals surface area contributed by atoms with E-state index >= 15 is 0 Å². The van der Waals surface area contributed by atoms with Gasteiger partial charge in [-0.25, -0.2) is 0 Å². The van der Waals surface area contributed by atoms with Gasteiger partial charge in [-0.05, 0) is 19.4 Å². The van der Waals surface area contributed by atoms with Crippen molar-refractivity contribution in [3.8, 4) is 11.3 Å². The zero-order chi connectivity index (χ0) is 14.9. The van der Waals surface area contributed by atoms with Gasteiger partial charge in [0.15, 0.2) is 0 Å². The number of nitrogens with zero attached hydrogens (tertiary/aromatic N) is 3. The molecule has 0 aliphatic heterocycles. The number of aryl methyl sites for hydroxylation is 1. The Morgan fingerprint density at radius 3 is 2.52 bits per heavy atom. The Hall–Kier alpha value is -1.68. The first-order valence-electron chi connectivity index (χ1n) is 8.05. The molecule has 0 amide bonds. The van der Waals surface area contributed by atoms with Crippen molar-refractivity contribution in [1.82, 2.24) is 20.3 Å². The van der Waals surface area contributed by atoms with E-state index in [2.05, 4.69) is 41.5 Å². The molecule has 0 fully saturated rings. The smallest absolute Gasteiger partial charge is 0.117 e. The van der Waals surface area contributed by atoms with Crippen LogP contribution in [0.15, 0.2) is 30.3 Å². The van der Waals surface area contributed by atoms with Crippen LogP contribution in [0.25, 0.3) is 11.3 Å². The molecule has 0 saturated heterocycles. The van der Waals surface area contributed by atoms with Crippen LogP contribution in [0.3, 0.4) is 0 Å². The predicted molar refractivity (Wildman–Crippen MR) is 87.0 cm³/mol. The molecule has 0 radical (unpaired) electrons. The van der Waals surface area contributed by atoms with E-state index in [0.29, 0.717) is 0 Å². The third-order valence-electron chi connectivity index (χ3n) is 3.45. The van der Waals surface area contributed by atoms with Gasteiger partial charge in [0.05, 0.1) is 6.54 Å². The Morgan fingerprint density at radius 2 is 1.81 bits per heavy atom. The number of unbranched alkanes of at least 4 members (excludes halogenated alkanes) is 2. The van der Waals surface area contributed by atoms with E-state index in [0.717, 1.165) is 43.0 Å². The fraction of sp³-hybridized carbons (Fsp3) is 0.529. The quantitative estimate of drug-likeness (QED) is 0.716. The van der Waals surface area contributed by atoms with Gasteiger partial charge in [0, 0.05) is 12.1 Å². The van der Waals surface area contributed by atoms with Crippen LogP contribution in [0.2, 0.25) is 0 Å². The summed E-state index contributed by atoms with van der Waals surface area (Å²) >= 11 is 0. The second-order valence-electron chi connectivity index (χ2n) is 5.34. The minimum absolute atomic E-state index is 0.789. The SMILES string of the molecule is CCCCCNCc1nn(CCC)nc1-c1ccccc1. The summed E-state index contributed by atoms with van der Waals surface area (Å²) in [5.41, 5.74) is 3.20. The van der Waals surface area contributed by atoms with Crippen LogP contribution in [0.5, 0.6) is 0 Å². The van der Waals surface area contributed by atoms with Gasteiger partial charge >= 0.3 is 0 Å². The molecule has 0 bridgehead atoms. The van der Waals surface area contributed by atoms with Crippen molar-refractivity contribution in [3.05, 3.63) is 36.0 Å². The highest BCUT2D eigenvalue weighted by Crippen LogP contribution is 2.19. The van der Waals surface area contributed by atoms with Crippen molar-refractivity contribution < 1.29 is 0 Å². The molecule has 0 atom stereocenters. The molecule has 4 nitrogen and oxygen atoms in total. The number of hydrogen-bond donors (Lipinski definition) is 1. The van der Waals surface area contributed by atoms with E-state index in [-0.39, 0.29) is 0 Å². The first-order chi connectivity index (χ1) is 10.3. The molecule has 2 rings (SSSR count). The molecule has 1 heterocycles. The molecule has 1 aromatic heterocycles. The normalized spacial score (nSPS) is 11.0. The maximum absolute atomic E-state index is 4.65. The van der Waals surface area contributed by atoms with Crippen LogP contribution in [0, 0.1) is 0 Å². The third kappa shape index (κ3) is 4.67. The van der Waals surface area contributed by atoms with Gasteiger partial charge in [-0.2, -0.15) is 15.0 Å². The minimum atomic E-state index is 0.789. The highest BCUT2D eigenvalue weighted by atomic mass is 15.5. The van der Waals surface area contributed by atoms with Gasteiger partial charge < -0.3 is 5.32 Å². The fourth-order valence-corrected chi connectivity index (χ4v) is 2.33. The molecular formula is C17H26N4. The second kappa shape index (κ2) is 8.57. The van der Waals surface area contributed by atoms with Crippen molar-refractivity contribution in [1.29, 1.82) is 0 Å². The summed E-state index contributed by atoms with van der Waals surface area (Å²) in [6.07, 6.45) is 4.80. The third-order valence-corrected chi connectivity index (χ3v) is 3.45. The van der Waals surface area contributed by atoms with Crippen LogP contribution in [0.4, 0.5) is 0 Å². The average Bonchev–Trinajstić information content (AvgIpc) is 2.91. The Labute approximate surface area is 127 Å². The van der Waals surface area contributed by atoms with Gasteiger partial charge in [0.1, 0.15) is 11.4 Å². The second-order valence-corrected chi connectivity index (χ2v) is 5.34. The molecule has 0 saturated carbocycles. The van der Waals surface area contributed by atoms with E-state index in [1.165, 1.54) is 19.3 Å². The van der Waals surface area contributed by atoms with Gasteiger partial charge in [-0.3, -0.25) is 0 Å². The van der Waals surface area contributed by atoms with Crippen LogP contribution in [0.1, 0.15) is 45.2 Å². The zero-order valence-corrected chi connectivity index (χ0v) is 13.2. The van der Waals surface area contributed by atoms with Gasteiger partial charge in [0.25, 0.3) is 0 Å². The highest BCUT2D eigenvalue weighted by molar-refractivity contribution is 5.60. The average molecular weight is 286 g/mol. The van der Waals surface area contributed by atoms with Crippen molar-refractivity contribution in [3.63, 3.8) is 0 Å². The van der Waals surface area contributed by atoms with E-state index < -0.39 is 0 Å². The highest BCUT2D eigenvalue weighted by Gasteiger charge is 2.12. The molecule has 0 aliphatic carbocycles. The first-order valence-corrected chi connectivity index (χ1v) is 8.05. The van der Waals surface area contributed by atoms with Gasteiger partial charge in [-0.15, -0.1) is 0 Å². The summed E-state index contributed by atoms with van der Waals surface area (Å²) in [5.74, 6) is 0. The summed E-state index contributed by atoms with van der Waals surface area (Å²) in [5, 5.41) is 12.8. The topological polar surface area (TPSA) is 42.7 Å². The Kier molecular flexibility index (Phi) is 6.41. The lowest BCUT2D eigenvalue weighted by molar-refractivity contribution is 0.519. The lowest BCUT2D eigenvalue weighted by Gasteiger charge is -2.03. The molecule has 0 spiro atoms. The standard InChI is InChI=1S/C17H26N4/c1-3-5-9-12-18-14-16-17(15-10-7-6-8-11-15)20-21(19-16)13-4-2/h6-8,10-11,18H,3-5,9,12-14H2,1-2H3. The monoisotopic (exact) mass is 286 g/mol. The molecule has 114 valence electrons. The summed E-state index contributed by atoms with van der Waals surface area (Å²) in [4.78, 5) is 1.82. The largest absolute Gasteiger partial charge is 0.311 e. The van der Waals surface area contributed by atoms with Crippen LogP contribution >= 0.6 is 0 Å². The number of hydrogen-bond acceptors (Lipinski definition) is 3. The Morgan fingerprint density at radius 1 is 1.00 bits per heavy atom. The van der Waals surface area contributed by atoms with E-state index in [9.17, 15) is 0 Å². The van der Waals surface area contributed by atoms with Gasteiger partial charge in [-0.1, -0.05) is 57.0 Å². The Bertz CT molecular complexity index is 519. The van der Waals surface area contributed by atoms with E-state index in [4.69, 9.17) is 0 Å². The molecule has 1 aromatic carbocycles. The zero-order valence-electron chi connectivity index (χ0n) is 13.2. The van der Waals surface area contributed by atoms with Crippen LogP contribution in [-0.2, 0) is 13.1 Å². The molecule has 4 heteroatoms. The van der Waals surface area contributed by atoms with E-state index in [1.807, 2.05) is 23.0 Å². The predicted octanol–water partition coefficient (Wildman–Crippen LogP) is 3.63. The maximum Gasteiger partial charge on any atom is 0.117 e. The lowest BCUT2D eigenvalue weighted by Crippen LogP contribution is -2.15. The van der Waals surface area contributed by atoms with Crippen molar-refractivity contribution in [2.75, 3.05) is 6.54 Å². The maximum atomic E-state index is 4.65. The van der Waals surface area contributed by atoms with Crippen molar-refractivity contribution in [2.45, 2.75) is 52.6 Å². The summed E-state index contributed by atoms with van der Waals surface area (Å²) in [6.45, 7) is 7.08. The molecule has 21 heavy (non-hydrogen) atoms. The fourth-order valence-electron chi connectivity index (χ4n) is 2.33. The number of benzene rings is 1. The van der Waals surface area contributed by atoms with Gasteiger partial charge in [0.2, 0.25) is 0 Å². The Balaban J connectivity index is 2.07. The number of nitrogens with one attached hydrogen (secondary N) is 1. The number of aromatic nitrogens is 3. The summed E-state index contributed by atoms with van der Waals surface area (Å²) in [6, 6.07) is 10.3. The lowest BCUT2D eigenvalue weighted by atomic mass is 10.1. The molecule has 0 unspecified atom stereocenters. The van der Waals surface area contributed by atoms with Crippen LogP contribution < -0.4 is 5.32 Å². The summed E-state index contributed by atoms with van der Waals surface area (Å²) in [7, 11) is 0. The van der Waals surface area contributed by atoms with Crippen LogP contribution in [-0.4, -0.2) is 21.5 Å². The molecule has 2 aromatic rings. The summed E-state index contributed by atoms with van der Waals surface area (Å²) < 4.78 is 0. The molecular weight excluding hydrogens is 260 g/mol. The van der Waals surface area contributed by atoms with Crippen molar-refractivity contribution >= 4 is 0 Å². The molecule has 1 N–H and O–H groups in total. The molecule has 0 aliphatic rings. The number of rotatable bonds is 9. The first kappa shape index (κ1) is 15.7.